The average molecular weight is 471 g/mol. The second-order valence-corrected chi connectivity index (χ2v) is 8.78. The fraction of sp³-hybridized carbons (Fsp3) is 0.333. The molecule has 0 saturated carbocycles. The predicted octanol–water partition coefficient (Wildman–Crippen LogP) is 1.89. The van der Waals surface area contributed by atoms with Gasteiger partial charge in [0.05, 0.1) is 17.7 Å². The smallest absolute Gasteiger partial charge is 0.345 e. The number of hydrogen-bond acceptors (Lipinski definition) is 6. The summed E-state index contributed by atoms with van der Waals surface area (Å²) in [7, 11) is 1.39. The molecule has 180 valence electrons. The molecule has 0 aliphatic rings. The van der Waals surface area contributed by atoms with Crippen molar-refractivity contribution in [2.45, 2.75) is 38.6 Å². The van der Waals surface area contributed by atoms with Gasteiger partial charge in [-0.25, -0.2) is 9.18 Å². The normalized spacial score (nSPS) is 11.6. The van der Waals surface area contributed by atoms with Gasteiger partial charge in [-0.2, -0.15) is 0 Å². The van der Waals surface area contributed by atoms with Crippen molar-refractivity contribution in [1.82, 2.24) is 14.9 Å². The zero-order chi connectivity index (χ0) is 25.2. The van der Waals surface area contributed by atoms with Gasteiger partial charge in [0, 0.05) is 19.7 Å². The minimum absolute atomic E-state index is 0.0225. The number of aryl methyl sites for hydroxylation is 2. The third kappa shape index (κ3) is 5.23. The fourth-order valence-electron chi connectivity index (χ4n) is 3.67. The van der Waals surface area contributed by atoms with E-state index in [9.17, 15) is 34.1 Å². The molecule has 0 spiro atoms. The van der Waals surface area contributed by atoms with E-state index in [0.29, 0.717) is 17.5 Å². The molecule has 2 heterocycles. The van der Waals surface area contributed by atoms with Gasteiger partial charge in [0.15, 0.2) is 11.3 Å². The summed E-state index contributed by atoms with van der Waals surface area (Å²) in [6, 6.07) is 5.88. The summed E-state index contributed by atoms with van der Waals surface area (Å²) >= 11 is 0. The summed E-state index contributed by atoms with van der Waals surface area (Å²) in [6.07, 6.45) is 2.11. The standard InChI is InChI=1S/C24H26FN3O6/c1-24(2,12-29)27-18(30)7-5-15-10-16(25)6-4-14(15)8-13-9-17-20(26-11-13)21(31)19(23(33)34)22(32)28(17)3/h4,6,9-11,29,31H,5,7-8,12H2,1-3H3,(H,27,30)(H,33,34). The Morgan fingerprint density at radius 3 is 2.56 bits per heavy atom. The number of aromatic carboxylic acids is 1. The number of nitrogens with zero attached hydrogens (tertiary/aromatic N) is 2. The molecule has 3 aromatic rings. The van der Waals surface area contributed by atoms with Crippen molar-refractivity contribution in [3.8, 4) is 5.75 Å². The first kappa shape index (κ1) is 24.8. The summed E-state index contributed by atoms with van der Waals surface area (Å²) in [5.41, 5.74) is -0.146. The van der Waals surface area contributed by atoms with E-state index in [1.54, 1.807) is 26.0 Å². The number of carboxylic acids is 1. The second kappa shape index (κ2) is 9.60. The van der Waals surface area contributed by atoms with Gasteiger partial charge >= 0.3 is 5.97 Å². The Morgan fingerprint density at radius 1 is 1.21 bits per heavy atom. The lowest BCUT2D eigenvalue weighted by Gasteiger charge is -2.23. The number of benzene rings is 1. The number of hydrogen-bond donors (Lipinski definition) is 4. The highest BCUT2D eigenvalue weighted by atomic mass is 19.1. The molecule has 1 aromatic carbocycles. The maximum absolute atomic E-state index is 13.9. The Bertz CT molecular complexity index is 1330. The molecular formula is C24H26FN3O6. The summed E-state index contributed by atoms with van der Waals surface area (Å²) in [6.45, 7) is 3.16. The minimum Gasteiger partial charge on any atom is -0.505 e. The summed E-state index contributed by atoms with van der Waals surface area (Å²) < 4.78 is 15.0. The van der Waals surface area contributed by atoms with E-state index in [0.717, 1.165) is 10.1 Å². The Morgan fingerprint density at radius 2 is 1.91 bits per heavy atom. The molecule has 0 aliphatic carbocycles. The van der Waals surface area contributed by atoms with Gasteiger partial charge in [0.1, 0.15) is 11.3 Å². The van der Waals surface area contributed by atoms with Crippen molar-refractivity contribution in [3.63, 3.8) is 0 Å². The number of aliphatic hydroxyl groups excluding tert-OH is 1. The van der Waals surface area contributed by atoms with E-state index in [-0.39, 0.29) is 36.4 Å². The number of pyridine rings is 2. The van der Waals surface area contributed by atoms with Crippen LogP contribution in [0.4, 0.5) is 4.39 Å². The number of amides is 1. The van der Waals surface area contributed by atoms with E-state index in [4.69, 9.17) is 0 Å². The molecule has 0 aliphatic heterocycles. The van der Waals surface area contributed by atoms with Crippen LogP contribution < -0.4 is 10.9 Å². The number of halogens is 1. The van der Waals surface area contributed by atoms with Gasteiger partial charge in [-0.1, -0.05) is 6.07 Å². The lowest BCUT2D eigenvalue weighted by molar-refractivity contribution is -0.123. The highest BCUT2D eigenvalue weighted by molar-refractivity contribution is 5.97. The van der Waals surface area contributed by atoms with E-state index < -0.39 is 34.2 Å². The molecule has 34 heavy (non-hydrogen) atoms. The SMILES string of the molecule is Cn1c(=O)c(C(=O)O)c(O)c2ncc(Cc3ccc(F)cc3CCC(=O)NC(C)(C)CO)cc21. The Balaban J connectivity index is 1.91. The molecule has 4 N–H and O–H groups in total. The lowest BCUT2D eigenvalue weighted by Crippen LogP contribution is -2.46. The first-order valence-electron chi connectivity index (χ1n) is 10.6. The van der Waals surface area contributed by atoms with Gasteiger partial charge in [-0.15, -0.1) is 0 Å². The quantitative estimate of drug-likeness (QED) is 0.393. The highest BCUT2D eigenvalue weighted by Gasteiger charge is 2.22. The number of carboxylic acid groups (broad SMARTS) is 1. The number of carbonyl (C=O) groups is 2. The van der Waals surface area contributed by atoms with Crippen LogP contribution in [0.1, 0.15) is 47.3 Å². The maximum Gasteiger partial charge on any atom is 0.345 e. The highest BCUT2D eigenvalue weighted by Crippen LogP contribution is 2.26. The topological polar surface area (TPSA) is 142 Å². The number of nitrogens with one attached hydrogen (secondary N) is 1. The molecule has 3 rings (SSSR count). The number of aromatic hydroxyl groups is 1. The number of fused-ring (bicyclic) bond motifs is 1. The molecule has 2 aromatic heterocycles. The van der Waals surface area contributed by atoms with E-state index in [1.165, 1.54) is 25.4 Å². The number of aromatic nitrogens is 2. The number of aliphatic hydroxyl groups is 1. The second-order valence-electron chi connectivity index (χ2n) is 8.78. The summed E-state index contributed by atoms with van der Waals surface area (Å²) in [4.78, 5) is 40.1. The zero-order valence-electron chi connectivity index (χ0n) is 19.1. The first-order valence-corrected chi connectivity index (χ1v) is 10.6. The molecule has 0 unspecified atom stereocenters. The molecule has 0 atom stereocenters. The number of carbonyl (C=O) groups excluding carboxylic acids is 1. The lowest BCUT2D eigenvalue weighted by atomic mass is 9.96. The molecular weight excluding hydrogens is 445 g/mol. The van der Waals surface area contributed by atoms with Crippen molar-refractivity contribution in [2.75, 3.05) is 6.61 Å². The Labute approximate surface area is 194 Å². The monoisotopic (exact) mass is 471 g/mol. The van der Waals surface area contributed by atoms with Crippen molar-refractivity contribution >= 4 is 22.9 Å². The van der Waals surface area contributed by atoms with Gasteiger partial charge in [-0.05, 0) is 61.6 Å². The molecule has 0 saturated heterocycles. The molecule has 0 bridgehead atoms. The summed E-state index contributed by atoms with van der Waals surface area (Å²) in [5, 5.41) is 31.5. The first-order chi connectivity index (χ1) is 15.9. The average Bonchev–Trinajstić information content (AvgIpc) is 2.77. The Hall–Kier alpha value is -3.79. The van der Waals surface area contributed by atoms with Crippen LogP contribution in [-0.2, 0) is 24.7 Å². The predicted molar refractivity (Wildman–Crippen MR) is 122 cm³/mol. The van der Waals surface area contributed by atoms with Gasteiger partial charge in [-0.3, -0.25) is 14.6 Å². The Kier molecular flexibility index (Phi) is 7.01. The zero-order valence-corrected chi connectivity index (χ0v) is 19.1. The molecule has 10 heteroatoms. The van der Waals surface area contributed by atoms with E-state index in [2.05, 4.69) is 10.3 Å². The number of rotatable bonds is 8. The van der Waals surface area contributed by atoms with Crippen LogP contribution in [0.25, 0.3) is 11.0 Å². The molecule has 0 radical (unpaired) electrons. The molecule has 9 nitrogen and oxygen atoms in total. The van der Waals surface area contributed by atoms with Crippen LogP contribution in [0.5, 0.6) is 5.75 Å². The third-order valence-electron chi connectivity index (χ3n) is 5.54. The van der Waals surface area contributed by atoms with Crippen LogP contribution >= 0.6 is 0 Å². The fourth-order valence-corrected chi connectivity index (χ4v) is 3.67. The molecule has 0 fully saturated rings. The van der Waals surface area contributed by atoms with Crippen molar-refractivity contribution in [1.29, 1.82) is 0 Å². The maximum atomic E-state index is 13.9. The van der Waals surface area contributed by atoms with Crippen LogP contribution in [0.2, 0.25) is 0 Å². The van der Waals surface area contributed by atoms with Crippen LogP contribution in [0.3, 0.4) is 0 Å². The van der Waals surface area contributed by atoms with Crippen molar-refractivity contribution in [2.24, 2.45) is 7.05 Å². The minimum atomic E-state index is -1.55. The van der Waals surface area contributed by atoms with E-state index >= 15 is 0 Å². The van der Waals surface area contributed by atoms with E-state index in [1.807, 2.05) is 0 Å². The molecule has 1 amide bonds. The van der Waals surface area contributed by atoms with Crippen molar-refractivity contribution in [3.05, 3.63) is 68.9 Å². The van der Waals surface area contributed by atoms with Gasteiger partial charge in [0.25, 0.3) is 5.56 Å². The largest absolute Gasteiger partial charge is 0.505 e. The van der Waals surface area contributed by atoms with Gasteiger partial charge < -0.3 is 25.2 Å². The van der Waals surface area contributed by atoms with Crippen molar-refractivity contribution < 1.29 is 29.3 Å². The summed E-state index contributed by atoms with van der Waals surface area (Å²) in [5.74, 6) is -2.97. The van der Waals surface area contributed by atoms with Crippen LogP contribution in [-0.4, -0.2) is 48.9 Å². The van der Waals surface area contributed by atoms with Crippen LogP contribution in [0.15, 0.2) is 35.3 Å². The van der Waals surface area contributed by atoms with Crippen LogP contribution in [0, 0.1) is 5.82 Å². The van der Waals surface area contributed by atoms with Gasteiger partial charge in [0.2, 0.25) is 5.91 Å². The third-order valence-corrected chi connectivity index (χ3v) is 5.54.